The van der Waals surface area contributed by atoms with Crippen LogP contribution in [0.2, 0.25) is 0 Å². The summed E-state index contributed by atoms with van der Waals surface area (Å²) in [5.74, 6) is 0. The summed E-state index contributed by atoms with van der Waals surface area (Å²) >= 11 is 10.5. The largest absolute Gasteiger partial charge is 0.234 e. The van der Waals surface area contributed by atoms with E-state index in [0.717, 1.165) is 6.20 Å². The molecule has 9 heavy (non-hydrogen) atoms. The van der Waals surface area contributed by atoms with Gasteiger partial charge in [-0.15, -0.1) is 5.12 Å². The van der Waals surface area contributed by atoms with Crippen LogP contribution in [-0.2, 0) is 0 Å². The van der Waals surface area contributed by atoms with Crippen LogP contribution in [0.3, 0.4) is 0 Å². The van der Waals surface area contributed by atoms with E-state index in [2.05, 4.69) is 10.7 Å². The van der Waals surface area contributed by atoms with Gasteiger partial charge in [0.15, 0.2) is 5.16 Å². The monoisotopic (exact) mass is 166 g/mol. The van der Waals surface area contributed by atoms with Gasteiger partial charge in [0.2, 0.25) is 5.29 Å². The number of nitrogens with zero attached hydrogens (tertiary/aromatic N) is 2. The average Bonchev–Trinajstić information content (AvgIpc) is 1.80. The van der Waals surface area contributed by atoms with E-state index < -0.39 is 0 Å². The fourth-order valence-electron chi connectivity index (χ4n) is 0.324. The summed E-state index contributed by atoms with van der Waals surface area (Å²) in [5, 5.41) is -0.138. The SMILES string of the molecule is FN1C=C=C(Cl)N=C1Cl. The summed E-state index contributed by atoms with van der Waals surface area (Å²) in [5.41, 5.74) is 2.30. The molecular weight excluding hydrogens is 166 g/mol. The van der Waals surface area contributed by atoms with Gasteiger partial charge in [-0.25, -0.2) is 0 Å². The van der Waals surface area contributed by atoms with Crippen LogP contribution in [0.1, 0.15) is 0 Å². The molecule has 0 radical (unpaired) electrons. The number of halogens is 3. The highest BCUT2D eigenvalue weighted by molar-refractivity contribution is 6.65. The van der Waals surface area contributed by atoms with Crippen LogP contribution in [0.4, 0.5) is 4.48 Å². The zero-order valence-electron chi connectivity index (χ0n) is 4.11. The molecule has 1 rings (SSSR count). The van der Waals surface area contributed by atoms with Crippen LogP contribution < -0.4 is 0 Å². The van der Waals surface area contributed by atoms with Gasteiger partial charge in [-0.3, -0.25) is 0 Å². The van der Waals surface area contributed by atoms with Crippen molar-refractivity contribution >= 4 is 28.5 Å². The van der Waals surface area contributed by atoms with Crippen molar-refractivity contribution in [3.63, 3.8) is 0 Å². The highest BCUT2D eigenvalue weighted by Gasteiger charge is 2.06. The van der Waals surface area contributed by atoms with Crippen molar-refractivity contribution in [2.75, 3.05) is 0 Å². The lowest BCUT2D eigenvalue weighted by Gasteiger charge is -2.04. The third kappa shape index (κ3) is 1.45. The summed E-state index contributed by atoms with van der Waals surface area (Å²) in [6.07, 6.45) is 0.956. The Morgan fingerprint density at radius 3 is 2.78 bits per heavy atom. The first-order valence-electron chi connectivity index (χ1n) is 2.01. The van der Waals surface area contributed by atoms with Crippen LogP contribution in [0, 0.1) is 0 Å². The Labute approximate surface area is 60.8 Å². The molecule has 5 heteroatoms. The quantitative estimate of drug-likeness (QED) is 0.306. The molecule has 0 N–H and O–H groups in total. The first-order valence-corrected chi connectivity index (χ1v) is 2.77. The van der Waals surface area contributed by atoms with E-state index in [1.165, 1.54) is 0 Å². The molecule has 2 nitrogen and oxygen atoms in total. The second kappa shape index (κ2) is 2.40. The van der Waals surface area contributed by atoms with Crippen LogP contribution in [0.5, 0.6) is 0 Å². The number of hydrogen-bond acceptors (Lipinski definition) is 2. The van der Waals surface area contributed by atoms with E-state index >= 15 is 0 Å². The molecule has 0 spiro atoms. The van der Waals surface area contributed by atoms with E-state index in [-0.39, 0.29) is 15.6 Å². The van der Waals surface area contributed by atoms with Crippen molar-refractivity contribution in [2.45, 2.75) is 0 Å². The number of aliphatic imine (C=N–C) groups is 1. The second-order valence-electron chi connectivity index (χ2n) is 1.26. The summed E-state index contributed by atoms with van der Waals surface area (Å²) in [6.45, 7) is 0. The highest BCUT2D eigenvalue weighted by atomic mass is 35.5. The summed E-state index contributed by atoms with van der Waals surface area (Å²) in [4.78, 5) is 3.34. The predicted molar refractivity (Wildman–Crippen MR) is 33.7 cm³/mol. The van der Waals surface area contributed by atoms with Gasteiger partial charge in [-0.05, 0) is 11.6 Å². The van der Waals surface area contributed by atoms with Crippen molar-refractivity contribution in [1.82, 2.24) is 5.12 Å². The molecule has 0 saturated heterocycles. The van der Waals surface area contributed by atoms with Crippen molar-refractivity contribution in [2.24, 2.45) is 4.99 Å². The Balaban J connectivity index is 2.96. The molecule has 0 unspecified atom stereocenters. The standard InChI is InChI=1S/C4HCl2FN2/c5-3-1-2-9(7)4(6)8-3/h2H. The van der Waals surface area contributed by atoms with E-state index in [0.29, 0.717) is 0 Å². The van der Waals surface area contributed by atoms with Gasteiger partial charge in [0.1, 0.15) is 0 Å². The maximum atomic E-state index is 12.1. The van der Waals surface area contributed by atoms with Crippen LogP contribution in [0.25, 0.3) is 0 Å². The summed E-state index contributed by atoms with van der Waals surface area (Å²) < 4.78 is 12.1. The lowest BCUT2D eigenvalue weighted by atomic mass is 10.7. The smallest absolute Gasteiger partial charge is 0.197 e. The zero-order valence-corrected chi connectivity index (χ0v) is 5.62. The lowest BCUT2D eigenvalue weighted by molar-refractivity contribution is 0.196. The first-order chi connectivity index (χ1) is 4.20. The van der Waals surface area contributed by atoms with Crippen molar-refractivity contribution in [3.8, 4) is 0 Å². The Kier molecular flexibility index (Phi) is 1.76. The summed E-state index contributed by atoms with van der Waals surface area (Å²) in [7, 11) is 0. The van der Waals surface area contributed by atoms with Gasteiger partial charge < -0.3 is 0 Å². The minimum atomic E-state index is -0.307. The normalized spacial score (nSPS) is 17.4. The third-order valence-electron chi connectivity index (χ3n) is 0.664. The Bertz CT molecular complexity index is 217. The molecule has 0 fully saturated rings. The average molecular weight is 167 g/mol. The number of rotatable bonds is 0. The minimum Gasteiger partial charge on any atom is -0.197 e. The Morgan fingerprint density at radius 2 is 2.33 bits per heavy atom. The van der Waals surface area contributed by atoms with Gasteiger partial charge >= 0.3 is 0 Å². The van der Waals surface area contributed by atoms with Gasteiger partial charge in [-0.1, -0.05) is 21.8 Å². The van der Waals surface area contributed by atoms with Crippen LogP contribution >= 0.6 is 23.2 Å². The lowest BCUT2D eigenvalue weighted by Crippen LogP contribution is -2.11. The zero-order chi connectivity index (χ0) is 6.85. The minimum absolute atomic E-state index is 0.0499. The third-order valence-corrected chi connectivity index (χ3v) is 1.10. The molecule has 0 atom stereocenters. The van der Waals surface area contributed by atoms with Crippen molar-refractivity contribution in [3.05, 3.63) is 17.1 Å². The first kappa shape index (κ1) is 6.62. The molecule has 0 amide bonds. The van der Waals surface area contributed by atoms with Crippen molar-refractivity contribution < 1.29 is 4.48 Å². The predicted octanol–water partition coefficient (Wildman–Crippen LogP) is 1.97. The van der Waals surface area contributed by atoms with Crippen molar-refractivity contribution in [1.29, 1.82) is 0 Å². The molecule has 0 aromatic heterocycles. The molecule has 0 aromatic carbocycles. The van der Waals surface area contributed by atoms with E-state index in [1.54, 1.807) is 0 Å². The molecule has 0 aromatic rings. The van der Waals surface area contributed by atoms with Crippen LogP contribution in [-0.4, -0.2) is 10.4 Å². The highest BCUT2D eigenvalue weighted by Crippen LogP contribution is 2.11. The fourth-order valence-corrected chi connectivity index (χ4v) is 0.630. The molecule has 48 valence electrons. The molecule has 1 aliphatic rings. The van der Waals surface area contributed by atoms with E-state index in [4.69, 9.17) is 23.2 Å². The van der Waals surface area contributed by atoms with Gasteiger partial charge in [-0.2, -0.15) is 4.99 Å². The number of hydrogen-bond donors (Lipinski definition) is 0. The molecule has 0 saturated carbocycles. The van der Waals surface area contributed by atoms with E-state index in [9.17, 15) is 4.48 Å². The maximum Gasteiger partial charge on any atom is 0.234 e. The van der Waals surface area contributed by atoms with Gasteiger partial charge in [0, 0.05) is 0 Å². The molecular formula is C4HCl2FN2. The molecule has 0 bridgehead atoms. The Hall–Kier alpha value is -0.500. The maximum absolute atomic E-state index is 12.1. The molecule has 1 aliphatic heterocycles. The second-order valence-corrected chi connectivity index (χ2v) is 1.95. The van der Waals surface area contributed by atoms with E-state index in [1.807, 2.05) is 0 Å². The Morgan fingerprint density at radius 1 is 1.67 bits per heavy atom. The fraction of sp³-hybridized carbons (Fsp3) is 0. The topological polar surface area (TPSA) is 15.6 Å². The van der Waals surface area contributed by atoms with Gasteiger partial charge in [0.05, 0.1) is 6.20 Å². The molecule has 1 heterocycles. The summed E-state index contributed by atoms with van der Waals surface area (Å²) in [6, 6.07) is 0. The molecule has 0 aliphatic carbocycles. The van der Waals surface area contributed by atoms with Crippen LogP contribution in [0.15, 0.2) is 22.1 Å². The van der Waals surface area contributed by atoms with Gasteiger partial charge in [0.25, 0.3) is 0 Å². The number of amidine groups is 1.